The molecule has 2 aliphatic rings. The second-order valence-electron chi connectivity index (χ2n) is 4.98. The first kappa shape index (κ1) is 12.3. The minimum absolute atomic E-state index is 0.0258. The summed E-state index contributed by atoms with van der Waals surface area (Å²) in [6.07, 6.45) is 4.07. The van der Waals surface area contributed by atoms with Gasteiger partial charge in [-0.15, -0.1) is 0 Å². The first-order valence-corrected chi connectivity index (χ1v) is 7.94. The van der Waals surface area contributed by atoms with Crippen molar-refractivity contribution >= 4 is 9.84 Å². The molecule has 16 heavy (non-hydrogen) atoms. The van der Waals surface area contributed by atoms with Gasteiger partial charge in [-0.2, -0.15) is 0 Å². The van der Waals surface area contributed by atoms with Crippen LogP contribution in [-0.2, 0) is 14.6 Å². The van der Waals surface area contributed by atoms with Gasteiger partial charge in [-0.1, -0.05) is 6.92 Å². The highest BCUT2D eigenvalue weighted by atomic mass is 32.2. The molecule has 0 aliphatic carbocycles. The summed E-state index contributed by atoms with van der Waals surface area (Å²) >= 11 is 0. The zero-order valence-corrected chi connectivity index (χ0v) is 10.8. The Morgan fingerprint density at radius 3 is 2.69 bits per heavy atom. The van der Waals surface area contributed by atoms with E-state index in [1.807, 2.05) is 6.92 Å². The lowest BCUT2D eigenvalue weighted by Crippen LogP contribution is -2.45. The maximum Gasteiger partial charge on any atom is 0.151 e. The molecule has 0 aromatic heterocycles. The van der Waals surface area contributed by atoms with Gasteiger partial charge in [-0.05, 0) is 26.2 Å². The molecule has 0 aromatic carbocycles. The monoisotopic (exact) mass is 247 g/mol. The average Bonchev–Trinajstić information content (AvgIpc) is 2.78. The van der Waals surface area contributed by atoms with Crippen LogP contribution >= 0.6 is 0 Å². The van der Waals surface area contributed by atoms with Crippen LogP contribution in [0.1, 0.15) is 33.1 Å². The minimum Gasteiger partial charge on any atom is -0.373 e. The maximum atomic E-state index is 11.5. The Morgan fingerprint density at radius 2 is 2.19 bits per heavy atom. The maximum absolute atomic E-state index is 11.5. The summed E-state index contributed by atoms with van der Waals surface area (Å²) in [5.41, 5.74) is 0. The molecule has 0 spiro atoms. The predicted molar refractivity (Wildman–Crippen MR) is 63.2 cm³/mol. The summed E-state index contributed by atoms with van der Waals surface area (Å²) in [7, 11) is -2.88. The third-order valence-corrected chi connectivity index (χ3v) is 5.44. The second kappa shape index (κ2) is 4.63. The lowest BCUT2D eigenvalue weighted by atomic mass is 9.95. The number of ether oxygens (including phenoxy) is 1. The Labute approximate surface area is 97.7 Å². The van der Waals surface area contributed by atoms with E-state index in [9.17, 15) is 8.42 Å². The van der Waals surface area contributed by atoms with Gasteiger partial charge in [0.05, 0.1) is 18.0 Å². The van der Waals surface area contributed by atoms with Crippen molar-refractivity contribution in [3.05, 3.63) is 0 Å². The highest BCUT2D eigenvalue weighted by Crippen LogP contribution is 2.34. The SMILES string of the molecule is CCS(=O)(=O)CC(C)NC1CC2CCC1O2. The van der Waals surface area contributed by atoms with Gasteiger partial charge in [0.15, 0.2) is 9.84 Å². The van der Waals surface area contributed by atoms with E-state index in [0.29, 0.717) is 18.2 Å². The zero-order chi connectivity index (χ0) is 11.8. The fraction of sp³-hybridized carbons (Fsp3) is 1.00. The Balaban J connectivity index is 1.82. The molecule has 2 heterocycles. The molecule has 1 N–H and O–H groups in total. The van der Waals surface area contributed by atoms with Crippen LogP contribution in [0.25, 0.3) is 0 Å². The Morgan fingerprint density at radius 1 is 1.44 bits per heavy atom. The Bertz CT molecular complexity index is 341. The van der Waals surface area contributed by atoms with E-state index in [2.05, 4.69) is 5.32 Å². The van der Waals surface area contributed by atoms with Gasteiger partial charge in [0.2, 0.25) is 0 Å². The normalized spacial score (nSPS) is 35.5. The van der Waals surface area contributed by atoms with Crippen LogP contribution in [0, 0.1) is 0 Å². The van der Waals surface area contributed by atoms with Crippen molar-refractivity contribution in [3.8, 4) is 0 Å². The van der Waals surface area contributed by atoms with E-state index in [1.165, 1.54) is 6.42 Å². The third kappa shape index (κ3) is 2.76. The van der Waals surface area contributed by atoms with Crippen molar-refractivity contribution in [1.82, 2.24) is 5.32 Å². The van der Waals surface area contributed by atoms with Crippen molar-refractivity contribution in [2.45, 2.75) is 57.4 Å². The minimum atomic E-state index is -2.88. The van der Waals surface area contributed by atoms with Crippen molar-refractivity contribution in [3.63, 3.8) is 0 Å². The van der Waals surface area contributed by atoms with Crippen LogP contribution in [0.2, 0.25) is 0 Å². The summed E-state index contributed by atoms with van der Waals surface area (Å²) in [4.78, 5) is 0. The fourth-order valence-electron chi connectivity index (χ4n) is 2.73. The van der Waals surface area contributed by atoms with E-state index in [4.69, 9.17) is 4.74 Å². The molecule has 4 unspecified atom stereocenters. The summed E-state index contributed by atoms with van der Waals surface area (Å²) < 4.78 is 28.7. The van der Waals surface area contributed by atoms with Gasteiger partial charge in [0.25, 0.3) is 0 Å². The first-order valence-electron chi connectivity index (χ1n) is 6.12. The lowest BCUT2D eigenvalue weighted by Gasteiger charge is -2.24. The van der Waals surface area contributed by atoms with E-state index in [0.717, 1.165) is 12.8 Å². The quantitative estimate of drug-likeness (QED) is 0.778. The van der Waals surface area contributed by atoms with Gasteiger partial charge in [0, 0.05) is 17.8 Å². The number of sulfone groups is 1. The molecule has 2 rings (SSSR count). The molecule has 4 atom stereocenters. The molecule has 2 bridgehead atoms. The summed E-state index contributed by atoms with van der Waals surface area (Å²) in [6.45, 7) is 3.64. The summed E-state index contributed by atoms with van der Waals surface area (Å²) in [5.74, 6) is 0.462. The summed E-state index contributed by atoms with van der Waals surface area (Å²) in [6, 6.07) is 0.388. The molecule has 0 saturated carbocycles. The van der Waals surface area contributed by atoms with Crippen LogP contribution in [0.3, 0.4) is 0 Å². The van der Waals surface area contributed by atoms with E-state index < -0.39 is 9.84 Å². The number of fused-ring (bicyclic) bond motifs is 2. The lowest BCUT2D eigenvalue weighted by molar-refractivity contribution is 0.0965. The van der Waals surface area contributed by atoms with Gasteiger partial charge in [-0.3, -0.25) is 0 Å². The fourth-order valence-corrected chi connectivity index (χ4v) is 3.82. The number of hydrogen-bond donors (Lipinski definition) is 1. The molecule has 2 fully saturated rings. The third-order valence-electron chi connectivity index (χ3n) is 3.55. The molecule has 0 aromatic rings. The highest BCUT2D eigenvalue weighted by Gasteiger charge is 2.41. The van der Waals surface area contributed by atoms with E-state index in [1.54, 1.807) is 6.92 Å². The predicted octanol–water partition coefficient (Wildman–Crippen LogP) is 0.719. The largest absolute Gasteiger partial charge is 0.373 e. The molecular weight excluding hydrogens is 226 g/mol. The van der Waals surface area contributed by atoms with Crippen molar-refractivity contribution in [1.29, 1.82) is 0 Å². The molecule has 2 saturated heterocycles. The zero-order valence-electron chi connectivity index (χ0n) is 9.98. The van der Waals surface area contributed by atoms with Crippen molar-refractivity contribution in [2.24, 2.45) is 0 Å². The van der Waals surface area contributed by atoms with Crippen LogP contribution in [0.5, 0.6) is 0 Å². The van der Waals surface area contributed by atoms with Crippen LogP contribution < -0.4 is 5.32 Å². The van der Waals surface area contributed by atoms with Gasteiger partial charge in [-0.25, -0.2) is 8.42 Å². The number of rotatable bonds is 5. The molecule has 0 radical (unpaired) electrons. The van der Waals surface area contributed by atoms with Crippen LogP contribution in [0.15, 0.2) is 0 Å². The van der Waals surface area contributed by atoms with Gasteiger partial charge < -0.3 is 10.1 Å². The number of nitrogens with one attached hydrogen (secondary N) is 1. The van der Waals surface area contributed by atoms with E-state index in [-0.39, 0.29) is 17.5 Å². The van der Waals surface area contributed by atoms with Gasteiger partial charge in [0.1, 0.15) is 0 Å². The second-order valence-corrected chi connectivity index (χ2v) is 7.38. The topological polar surface area (TPSA) is 55.4 Å². The smallest absolute Gasteiger partial charge is 0.151 e. The number of hydrogen-bond acceptors (Lipinski definition) is 4. The van der Waals surface area contributed by atoms with Crippen LogP contribution in [-0.4, -0.2) is 44.2 Å². The molecule has 5 heteroatoms. The standard InChI is InChI=1S/C11H21NO3S/c1-3-16(13,14)7-8(2)12-10-6-9-4-5-11(10)15-9/h8-12H,3-7H2,1-2H3. The molecule has 0 amide bonds. The van der Waals surface area contributed by atoms with E-state index >= 15 is 0 Å². The van der Waals surface area contributed by atoms with Crippen molar-refractivity contribution in [2.75, 3.05) is 11.5 Å². The molecule has 4 nitrogen and oxygen atoms in total. The summed E-state index contributed by atoms with van der Waals surface area (Å²) in [5, 5.41) is 3.40. The van der Waals surface area contributed by atoms with Crippen LogP contribution in [0.4, 0.5) is 0 Å². The molecule has 2 aliphatic heterocycles. The highest BCUT2D eigenvalue weighted by molar-refractivity contribution is 7.91. The average molecular weight is 247 g/mol. The van der Waals surface area contributed by atoms with Gasteiger partial charge >= 0.3 is 0 Å². The van der Waals surface area contributed by atoms with Crippen molar-refractivity contribution < 1.29 is 13.2 Å². The Kier molecular flexibility index (Phi) is 3.56. The first-order chi connectivity index (χ1) is 7.50. The Hall–Kier alpha value is -0.130. The molecular formula is C11H21NO3S. The molecule has 94 valence electrons.